The van der Waals surface area contributed by atoms with Crippen LogP contribution in [0.4, 0.5) is 0 Å². The molecule has 0 bridgehead atoms. The summed E-state index contributed by atoms with van der Waals surface area (Å²) in [4.78, 5) is 16.8. The average Bonchev–Trinajstić information content (AvgIpc) is 3.04. The molecular formula is C18H18ClN3O2S. The Bertz CT molecular complexity index is 864. The number of nitrogens with one attached hydrogen (secondary N) is 1. The van der Waals surface area contributed by atoms with E-state index in [0.29, 0.717) is 45.8 Å². The van der Waals surface area contributed by atoms with Crippen LogP contribution in [0.3, 0.4) is 0 Å². The van der Waals surface area contributed by atoms with E-state index in [0.717, 1.165) is 12.0 Å². The maximum atomic E-state index is 12.3. The summed E-state index contributed by atoms with van der Waals surface area (Å²) in [5, 5.41) is 4.09. The number of aromatic nitrogens is 1. The predicted octanol–water partition coefficient (Wildman–Crippen LogP) is 3.85. The van der Waals surface area contributed by atoms with Crippen molar-refractivity contribution in [1.29, 1.82) is 0 Å². The Morgan fingerprint density at radius 1 is 1.24 bits per heavy atom. The lowest BCUT2D eigenvalue weighted by Gasteiger charge is -2.03. The third-order valence-electron chi connectivity index (χ3n) is 3.59. The van der Waals surface area contributed by atoms with Crippen molar-refractivity contribution in [1.82, 2.24) is 10.3 Å². The molecule has 0 aliphatic rings. The minimum Gasteiger partial charge on any atom is -0.431 e. The van der Waals surface area contributed by atoms with Crippen molar-refractivity contribution in [3.05, 3.63) is 58.6 Å². The highest BCUT2D eigenvalue weighted by atomic mass is 35.5. The van der Waals surface area contributed by atoms with E-state index in [-0.39, 0.29) is 5.91 Å². The first kappa shape index (κ1) is 17.8. The highest BCUT2D eigenvalue weighted by Crippen LogP contribution is 2.28. The highest BCUT2D eigenvalue weighted by Gasteiger charge is 2.15. The number of oxazole rings is 1. The van der Waals surface area contributed by atoms with E-state index in [4.69, 9.17) is 21.8 Å². The molecule has 1 heterocycles. The molecule has 0 radical (unpaired) electrons. The first-order valence-corrected chi connectivity index (χ1v) is 9.29. The molecule has 0 saturated carbocycles. The highest BCUT2D eigenvalue weighted by molar-refractivity contribution is 7.98. The fourth-order valence-electron chi connectivity index (χ4n) is 2.30. The second-order valence-electron chi connectivity index (χ2n) is 5.45. The standard InChI is InChI=1S/C18H18ClN3O2S/c19-13-7-5-12(6-8-13)11-25-18-22-16-14(3-1-4-15(16)24-18)17(23)21-10-2-9-20/h1,3-8H,2,9-11,20H2,(H,21,23). The third kappa shape index (κ3) is 4.54. The van der Waals surface area contributed by atoms with Crippen LogP contribution < -0.4 is 11.1 Å². The molecule has 25 heavy (non-hydrogen) atoms. The van der Waals surface area contributed by atoms with Crippen LogP contribution in [0.15, 0.2) is 52.1 Å². The Labute approximate surface area is 154 Å². The van der Waals surface area contributed by atoms with Gasteiger partial charge < -0.3 is 15.5 Å². The number of hydrogen-bond donors (Lipinski definition) is 2. The molecule has 130 valence electrons. The zero-order valence-electron chi connectivity index (χ0n) is 13.5. The van der Waals surface area contributed by atoms with Crippen molar-refractivity contribution >= 4 is 40.4 Å². The SMILES string of the molecule is NCCCNC(=O)c1cccc2oc(SCc3ccc(Cl)cc3)nc12. The van der Waals surface area contributed by atoms with Gasteiger partial charge in [0.1, 0.15) is 5.52 Å². The zero-order valence-corrected chi connectivity index (χ0v) is 15.1. The minimum atomic E-state index is -0.165. The van der Waals surface area contributed by atoms with Crippen molar-refractivity contribution < 1.29 is 9.21 Å². The zero-order chi connectivity index (χ0) is 17.6. The molecule has 1 amide bonds. The third-order valence-corrected chi connectivity index (χ3v) is 4.74. The number of carbonyl (C=O) groups excluding carboxylic acids is 1. The van der Waals surface area contributed by atoms with Gasteiger partial charge in [0, 0.05) is 17.3 Å². The molecule has 3 N–H and O–H groups in total. The first-order chi connectivity index (χ1) is 12.2. The lowest BCUT2D eigenvalue weighted by Crippen LogP contribution is -2.26. The fourth-order valence-corrected chi connectivity index (χ4v) is 3.21. The van der Waals surface area contributed by atoms with Crippen molar-refractivity contribution in [3.8, 4) is 0 Å². The molecule has 2 aromatic carbocycles. The molecule has 0 unspecified atom stereocenters. The molecular weight excluding hydrogens is 358 g/mol. The Morgan fingerprint density at radius 3 is 2.80 bits per heavy atom. The van der Waals surface area contributed by atoms with E-state index < -0.39 is 0 Å². The van der Waals surface area contributed by atoms with Crippen molar-refractivity contribution in [2.45, 2.75) is 17.4 Å². The van der Waals surface area contributed by atoms with Crippen molar-refractivity contribution in [2.24, 2.45) is 5.73 Å². The van der Waals surface area contributed by atoms with E-state index in [1.807, 2.05) is 30.3 Å². The Morgan fingerprint density at radius 2 is 2.04 bits per heavy atom. The van der Waals surface area contributed by atoms with E-state index in [1.54, 1.807) is 12.1 Å². The number of carbonyl (C=O) groups is 1. The lowest BCUT2D eigenvalue weighted by atomic mass is 10.2. The predicted molar refractivity (Wildman–Crippen MR) is 101 cm³/mol. The summed E-state index contributed by atoms with van der Waals surface area (Å²) in [6.07, 6.45) is 0.739. The molecule has 0 spiro atoms. The topological polar surface area (TPSA) is 81.1 Å². The number of rotatable bonds is 7. The summed E-state index contributed by atoms with van der Waals surface area (Å²) >= 11 is 7.37. The second-order valence-corrected chi connectivity index (χ2v) is 6.81. The van der Waals surface area contributed by atoms with Gasteiger partial charge >= 0.3 is 0 Å². The molecule has 0 aliphatic carbocycles. The number of benzene rings is 2. The van der Waals surface area contributed by atoms with Crippen LogP contribution in [-0.4, -0.2) is 24.0 Å². The van der Waals surface area contributed by atoms with Gasteiger partial charge in [-0.3, -0.25) is 4.79 Å². The van der Waals surface area contributed by atoms with E-state index >= 15 is 0 Å². The monoisotopic (exact) mass is 375 g/mol. The van der Waals surface area contributed by atoms with Gasteiger partial charge in [-0.05, 0) is 42.8 Å². The van der Waals surface area contributed by atoms with Gasteiger partial charge in [0.2, 0.25) is 0 Å². The number of hydrogen-bond acceptors (Lipinski definition) is 5. The summed E-state index contributed by atoms with van der Waals surface area (Å²) < 4.78 is 5.76. The summed E-state index contributed by atoms with van der Waals surface area (Å²) in [6.45, 7) is 1.08. The quantitative estimate of drug-likeness (QED) is 0.484. The summed E-state index contributed by atoms with van der Waals surface area (Å²) in [7, 11) is 0. The number of para-hydroxylation sites is 1. The van der Waals surface area contributed by atoms with Gasteiger partial charge in [-0.1, -0.05) is 41.6 Å². The maximum Gasteiger partial charge on any atom is 0.257 e. The molecule has 7 heteroatoms. The number of halogens is 1. The van der Waals surface area contributed by atoms with E-state index in [9.17, 15) is 4.79 Å². The normalized spacial score (nSPS) is 11.0. The van der Waals surface area contributed by atoms with Crippen LogP contribution in [0.2, 0.25) is 5.02 Å². The Kier molecular flexibility index (Phi) is 5.96. The molecule has 5 nitrogen and oxygen atoms in total. The second kappa shape index (κ2) is 8.38. The minimum absolute atomic E-state index is 0.165. The van der Waals surface area contributed by atoms with Gasteiger partial charge in [0.25, 0.3) is 11.1 Å². The van der Waals surface area contributed by atoms with Crippen molar-refractivity contribution in [2.75, 3.05) is 13.1 Å². The van der Waals surface area contributed by atoms with Gasteiger partial charge in [0.05, 0.1) is 5.56 Å². The largest absolute Gasteiger partial charge is 0.431 e. The molecule has 0 atom stereocenters. The van der Waals surface area contributed by atoms with Crippen LogP contribution in [0.5, 0.6) is 0 Å². The summed E-state index contributed by atoms with van der Waals surface area (Å²) in [5.41, 5.74) is 8.26. The molecule has 3 rings (SSSR count). The lowest BCUT2D eigenvalue weighted by molar-refractivity contribution is 0.0955. The molecule has 1 aromatic heterocycles. The average molecular weight is 376 g/mol. The van der Waals surface area contributed by atoms with Crippen LogP contribution in [0.1, 0.15) is 22.3 Å². The van der Waals surface area contributed by atoms with Crippen LogP contribution >= 0.6 is 23.4 Å². The van der Waals surface area contributed by atoms with E-state index in [2.05, 4.69) is 10.3 Å². The number of amides is 1. The maximum absolute atomic E-state index is 12.3. The van der Waals surface area contributed by atoms with Crippen LogP contribution in [0.25, 0.3) is 11.1 Å². The number of nitrogens with zero attached hydrogens (tertiary/aromatic N) is 1. The number of fused-ring (bicyclic) bond motifs is 1. The Hall–Kier alpha value is -2.02. The molecule has 3 aromatic rings. The fraction of sp³-hybridized carbons (Fsp3) is 0.222. The smallest absolute Gasteiger partial charge is 0.257 e. The van der Waals surface area contributed by atoms with Crippen LogP contribution in [-0.2, 0) is 5.75 Å². The molecule has 0 fully saturated rings. The van der Waals surface area contributed by atoms with Crippen LogP contribution in [0, 0.1) is 0 Å². The van der Waals surface area contributed by atoms with Gasteiger partial charge in [-0.25, -0.2) is 4.98 Å². The van der Waals surface area contributed by atoms with Gasteiger partial charge in [-0.2, -0.15) is 0 Å². The first-order valence-electron chi connectivity index (χ1n) is 7.92. The number of thioether (sulfide) groups is 1. The summed E-state index contributed by atoms with van der Waals surface area (Å²) in [5.74, 6) is 0.545. The van der Waals surface area contributed by atoms with Gasteiger partial charge in [-0.15, -0.1) is 0 Å². The van der Waals surface area contributed by atoms with E-state index in [1.165, 1.54) is 11.8 Å². The number of nitrogens with two attached hydrogens (primary N) is 1. The Balaban J connectivity index is 1.74. The van der Waals surface area contributed by atoms with Gasteiger partial charge in [0.15, 0.2) is 5.58 Å². The molecule has 0 aliphatic heterocycles. The summed E-state index contributed by atoms with van der Waals surface area (Å²) in [6, 6.07) is 13.0. The van der Waals surface area contributed by atoms with Crippen molar-refractivity contribution in [3.63, 3.8) is 0 Å². The molecule has 0 saturated heterocycles.